The van der Waals surface area contributed by atoms with E-state index in [1.807, 2.05) is 6.07 Å². The van der Waals surface area contributed by atoms with Crippen molar-refractivity contribution in [2.24, 2.45) is 0 Å². The van der Waals surface area contributed by atoms with Gasteiger partial charge in [-0.25, -0.2) is 9.78 Å². The summed E-state index contributed by atoms with van der Waals surface area (Å²) >= 11 is 0. The van der Waals surface area contributed by atoms with Gasteiger partial charge in [-0.2, -0.15) is 19.6 Å². The number of nitrogen functional groups attached to an aromatic ring is 1. The van der Waals surface area contributed by atoms with Crippen LogP contribution in [0.25, 0.3) is 0 Å². The zero-order chi connectivity index (χ0) is 21.8. The number of anilines is 2. The normalized spacial score (nSPS) is 14.1. The van der Waals surface area contributed by atoms with Crippen molar-refractivity contribution < 1.29 is 14.0 Å². The predicted molar refractivity (Wildman–Crippen MR) is 108 cm³/mol. The van der Waals surface area contributed by atoms with Gasteiger partial charge in [0.15, 0.2) is 5.82 Å². The Labute approximate surface area is 176 Å². The van der Waals surface area contributed by atoms with Crippen molar-refractivity contribution in [3.8, 4) is 17.7 Å². The van der Waals surface area contributed by atoms with Gasteiger partial charge in [0.25, 0.3) is 5.88 Å². The second kappa shape index (κ2) is 8.66. The molecule has 0 amide bonds. The standard InChI is InChI=1S/C20H18FN7O3/c21-17-18(24-12-25-19(17)30-15-4-2-1-3-13(15)11-22)27-8-5-14(6-9-27)31-28-10-7-16(23)26-20(28)29/h1-4,7,10,12,14H,5-6,8-9H2,(H2,23,26,29). The predicted octanol–water partition coefficient (Wildman–Crippen LogP) is 1.52. The van der Waals surface area contributed by atoms with Gasteiger partial charge in [-0.1, -0.05) is 12.1 Å². The van der Waals surface area contributed by atoms with Crippen LogP contribution in [0.4, 0.5) is 16.0 Å². The lowest BCUT2D eigenvalue weighted by Crippen LogP contribution is -2.43. The van der Waals surface area contributed by atoms with Crippen molar-refractivity contribution in [3.63, 3.8) is 0 Å². The van der Waals surface area contributed by atoms with Gasteiger partial charge in [0.2, 0.25) is 5.82 Å². The number of nitrogens with zero attached hydrogens (tertiary/aromatic N) is 6. The van der Waals surface area contributed by atoms with E-state index in [1.54, 1.807) is 29.2 Å². The average molecular weight is 423 g/mol. The minimum Gasteiger partial charge on any atom is -0.435 e. The molecule has 3 heterocycles. The fourth-order valence-corrected chi connectivity index (χ4v) is 3.21. The third-order valence-electron chi connectivity index (χ3n) is 4.75. The quantitative estimate of drug-likeness (QED) is 0.648. The van der Waals surface area contributed by atoms with Gasteiger partial charge in [-0.15, -0.1) is 4.73 Å². The average Bonchev–Trinajstić information content (AvgIpc) is 2.78. The van der Waals surface area contributed by atoms with Crippen LogP contribution in [-0.2, 0) is 0 Å². The van der Waals surface area contributed by atoms with E-state index in [2.05, 4.69) is 15.0 Å². The molecule has 11 heteroatoms. The number of nitriles is 1. The second-order valence-electron chi connectivity index (χ2n) is 6.78. The highest BCUT2D eigenvalue weighted by molar-refractivity contribution is 5.47. The molecule has 1 saturated heterocycles. The molecule has 3 aromatic rings. The number of piperidine rings is 1. The lowest BCUT2D eigenvalue weighted by molar-refractivity contribution is 0.0144. The van der Waals surface area contributed by atoms with Crippen molar-refractivity contribution in [2.75, 3.05) is 23.7 Å². The van der Waals surface area contributed by atoms with Crippen LogP contribution >= 0.6 is 0 Å². The molecule has 0 aliphatic carbocycles. The van der Waals surface area contributed by atoms with E-state index in [-0.39, 0.29) is 34.9 Å². The summed E-state index contributed by atoms with van der Waals surface area (Å²) in [6.45, 7) is 0.897. The molecule has 1 aromatic carbocycles. The summed E-state index contributed by atoms with van der Waals surface area (Å²) in [6.07, 6.45) is 3.46. The Hall–Kier alpha value is -4.20. The van der Waals surface area contributed by atoms with Gasteiger partial charge < -0.3 is 20.2 Å². The first-order chi connectivity index (χ1) is 15.0. The molecule has 0 saturated carbocycles. The smallest absolute Gasteiger partial charge is 0.382 e. The van der Waals surface area contributed by atoms with Crippen molar-refractivity contribution in [2.45, 2.75) is 18.9 Å². The topological polar surface area (TPSA) is 132 Å². The molecule has 0 unspecified atom stereocenters. The number of hydrogen-bond donors (Lipinski definition) is 1. The van der Waals surface area contributed by atoms with Crippen molar-refractivity contribution in [1.29, 1.82) is 5.26 Å². The summed E-state index contributed by atoms with van der Waals surface area (Å²) < 4.78 is 21.6. The summed E-state index contributed by atoms with van der Waals surface area (Å²) in [7, 11) is 0. The number of nitrogens with two attached hydrogens (primary N) is 1. The van der Waals surface area contributed by atoms with E-state index in [4.69, 9.17) is 15.3 Å². The molecule has 158 valence electrons. The molecule has 1 aliphatic rings. The highest BCUT2D eigenvalue weighted by Gasteiger charge is 2.26. The Bertz CT molecular complexity index is 1190. The largest absolute Gasteiger partial charge is 0.435 e. The number of benzene rings is 1. The number of halogens is 1. The van der Waals surface area contributed by atoms with Gasteiger partial charge in [0, 0.05) is 32.0 Å². The number of rotatable bonds is 5. The fraction of sp³-hybridized carbons (Fsp3) is 0.250. The summed E-state index contributed by atoms with van der Waals surface area (Å²) in [6, 6.07) is 9.97. The Balaban J connectivity index is 1.45. The van der Waals surface area contributed by atoms with Crippen LogP contribution in [0.5, 0.6) is 11.6 Å². The first-order valence-corrected chi connectivity index (χ1v) is 9.50. The lowest BCUT2D eigenvalue weighted by Gasteiger charge is -2.32. The van der Waals surface area contributed by atoms with Crippen LogP contribution in [0, 0.1) is 17.1 Å². The molecule has 0 radical (unpaired) electrons. The third kappa shape index (κ3) is 4.37. The van der Waals surface area contributed by atoms with E-state index >= 15 is 4.39 Å². The summed E-state index contributed by atoms with van der Waals surface area (Å²) in [5.41, 5.74) is 5.15. The van der Waals surface area contributed by atoms with Gasteiger partial charge >= 0.3 is 5.69 Å². The molecule has 0 atom stereocenters. The molecule has 2 N–H and O–H groups in total. The maximum absolute atomic E-state index is 15.0. The monoisotopic (exact) mass is 423 g/mol. The molecule has 4 rings (SSSR count). The molecule has 0 bridgehead atoms. The summed E-state index contributed by atoms with van der Waals surface area (Å²) in [5.74, 6) is -0.541. The fourth-order valence-electron chi connectivity index (χ4n) is 3.21. The molecule has 1 aliphatic heterocycles. The van der Waals surface area contributed by atoms with Crippen LogP contribution in [-0.4, -0.2) is 38.9 Å². The molecule has 31 heavy (non-hydrogen) atoms. The van der Waals surface area contributed by atoms with Crippen LogP contribution in [0.1, 0.15) is 18.4 Å². The number of aromatic nitrogens is 4. The summed E-state index contributed by atoms with van der Waals surface area (Å²) in [5, 5.41) is 9.18. The zero-order valence-electron chi connectivity index (χ0n) is 16.3. The van der Waals surface area contributed by atoms with Gasteiger partial charge in [0.1, 0.15) is 30.1 Å². The van der Waals surface area contributed by atoms with Gasteiger partial charge in [-0.3, -0.25) is 0 Å². The molecular weight excluding hydrogens is 405 g/mol. The van der Waals surface area contributed by atoms with Crippen molar-refractivity contribution in [3.05, 3.63) is 64.7 Å². The van der Waals surface area contributed by atoms with E-state index < -0.39 is 11.5 Å². The lowest BCUT2D eigenvalue weighted by atomic mass is 10.1. The van der Waals surface area contributed by atoms with E-state index in [0.29, 0.717) is 25.9 Å². The summed E-state index contributed by atoms with van der Waals surface area (Å²) in [4.78, 5) is 30.8. The number of para-hydroxylation sites is 1. The molecule has 1 fully saturated rings. The zero-order valence-corrected chi connectivity index (χ0v) is 16.3. The highest BCUT2D eigenvalue weighted by Crippen LogP contribution is 2.30. The first kappa shape index (κ1) is 20.1. The van der Waals surface area contributed by atoms with E-state index in [1.165, 1.54) is 18.6 Å². The van der Waals surface area contributed by atoms with Crippen LogP contribution in [0.15, 0.2) is 47.7 Å². The number of ether oxygens (including phenoxy) is 1. The molecular formula is C20H18FN7O3. The molecule has 0 spiro atoms. The minimum absolute atomic E-state index is 0.101. The third-order valence-corrected chi connectivity index (χ3v) is 4.75. The van der Waals surface area contributed by atoms with E-state index in [9.17, 15) is 10.1 Å². The highest BCUT2D eigenvalue weighted by atomic mass is 19.1. The van der Waals surface area contributed by atoms with Crippen LogP contribution < -0.4 is 25.9 Å². The van der Waals surface area contributed by atoms with Gasteiger partial charge in [-0.05, 0) is 12.1 Å². The maximum atomic E-state index is 15.0. The first-order valence-electron chi connectivity index (χ1n) is 9.50. The Kier molecular flexibility index (Phi) is 5.61. The van der Waals surface area contributed by atoms with Crippen molar-refractivity contribution >= 4 is 11.6 Å². The minimum atomic E-state index is -0.714. The Morgan fingerprint density at radius 1 is 1.19 bits per heavy atom. The maximum Gasteiger partial charge on any atom is 0.382 e. The second-order valence-corrected chi connectivity index (χ2v) is 6.78. The van der Waals surface area contributed by atoms with Crippen LogP contribution in [0.3, 0.4) is 0 Å². The van der Waals surface area contributed by atoms with E-state index in [0.717, 1.165) is 4.73 Å². The SMILES string of the molecule is N#Cc1ccccc1Oc1ncnc(N2CCC(On3ccc(N)nc3=O)CC2)c1F. The molecule has 2 aromatic heterocycles. The van der Waals surface area contributed by atoms with Gasteiger partial charge in [0.05, 0.1) is 11.8 Å². The Morgan fingerprint density at radius 2 is 1.97 bits per heavy atom. The Morgan fingerprint density at radius 3 is 2.71 bits per heavy atom. The van der Waals surface area contributed by atoms with Crippen LogP contribution in [0.2, 0.25) is 0 Å². The van der Waals surface area contributed by atoms with Crippen molar-refractivity contribution in [1.82, 2.24) is 19.7 Å². The molecule has 10 nitrogen and oxygen atoms in total. The number of hydrogen-bond acceptors (Lipinski definition) is 9.